The summed E-state index contributed by atoms with van der Waals surface area (Å²) < 4.78 is 5.38. The standard InChI is InChI=1S/C18H33N3O2.2ClH/c1-15-4-9-20(10-5-15)13-16-3-2-8-21(14-16)17(22)18(19)6-11-23-12-7-18;;/h15-16H,2-14,19H2,1H3;2*1H. The van der Waals surface area contributed by atoms with Crippen LogP contribution in [0, 0.1) is 11.8 Å². The zero-order valence-electron chi connectivity index (χ0n) is 15.5. The maximum Gasteiger partial charge on any atom is 0.242 e. The van der Waals surface area contributed by atoms with Crippen LogP contribution in [-0.4, -0.2) is 67.2 Å². The van der Waals surface area contributed by atoms with E-state index in [1.807, 2.05) is 4.90 Å². The molecule has 0 aromatic carbocycles. The van der Waals surface area contributed by atoms with Gasteiger partial charge in [0.1, 0.15) is 0 Å². The Labute approximate surface area is 164 Å². The molecule has 3 fully saturated rings. The second-order valence-electron chi connectivity index (χ2n) is 8.01. The quantitative estimate of drug-likeness (QED) is 0.796. The molecule has 0 spiro atoms. The Hall–Kier alpha value is -0.0700. The molecule has 0 radical (unpaired) electrons. The fourth-order valence-corrected chi connectivity index (χ4v) is 4.27. The lowest BCUT2D eigenvalue weighted by atomic mass is 9.87. The van der Waals surface area contributed by atoms with Gasteiger partial charge in [-0.3, -0.25) is 4.79 Å². The summed E-state index contributed by atoms with van der Waals surface area (Å²) in [6.07, 6.45) is 6.33. The van der Waals surface area contributed by atoms with Gasteiger partial charge in [-0.2, -0.15) is 0 Å². The van der Waals surface area contributed by atoms with Crippen molar-refractivity contribution in [1.82, 2.24) is 9.80 Å². The molecule has 3 aliphatic heterocycles. The number of nitrogens with two attached hydrogens (primary N) is 1. The lowest BCUT2D eigenvalue weighted by Crippen LogP contribution is -2.60. The molecule has 1 amide bonds. The van der Waals surface area contributed by atoms with Crippen molar-refractivity contribution in [3.63, 3.8) is 0 Å². The molecule has 0 aliphatic carbocycles. The van der Waals surface area contributed by atoms with Gasteiger partial charge in [0, 0.05) is 32.8 Å². The van der Waals surface area contributed by atoms with E-state index in [9.17, 15) is 4.79 Å². The number of amides is 1. The third-order valence-electron chi connectivity index (χ3n) is 6.01. The van der Waals surface area contributed by atoms with Crippen LogP contribution in [0.3, 0.4) is 0 Å². The topological polar surface area (TPSA) is 58.8 Å². The van der Waals surface area contributed by atoms with Gasteiger partial charge in [-0.1, -0.05) is 6.92 Å². The van der Waals surface area contributed by atoms with Gasteiger partial charge in [0.05, 0.1) is 5.54 Å². The van der Waals surface area contributed by atoms with Crippen LogP contribution >= 0.6 is 24.8 Å². The third-order valence-corrected chi connectivity index (χ3v) is 6.01. The predicted octanol–water partition coefficient (Wildman–Crippen LogP) is 2.31. The van der Waals surface area contributed by atoms with Crippen molar-refractivity contribution >= 4 is 30.7 Å². The maximum absolute atomic E-state index is 12.9. The van der Waals surface area contributed by atoms with Crippen LogP contribution < -0.4 is 5.73 Å². The number of halogens is 2. The van der Waals surface area contributed by atoms with E-state index < -0.39 is 5.54 Å². The van der Waals surface area contributed by atoms with Crippen molar-refractivity contribution in [2.75, 3.05) is 45.9 Å². The van der Waals surface area contributed by atoms with Crippen LogP contribution in [0.15, 0.2) is 0 Å². The van der Waals surface area contributed by atoms with E-state index in [0.29, 0.717) is 32.0 Å². The second-order valence-corrected chi connectivity index (χ2v) is 8.01. The van der Waals surface area contributed by atoms with Crippen molar-refractivity contribution in [3.05, 3.63) is 0 Å². The average Bonchev–Trinajstić information content (AvgIpc) is 2.57. The summed E-state index contributed by atoms with van der Waals surface area (Å²) in [5, 5.41) is 0. The minimum absolute atomic E-state index is 0. The van der Waals surface area contributed by atoms with Crippen molar-refractivity contribution in [1.29, 1.82) is 0 Å². The van der Waals surface area contributed by atoms with Crippen LogP contribution in [0.5, 0.6) is 0 Å². The molecule has 0 saturated carbocycles. The largest absolute Gasteiger partial charge is 0.381 e. The first-order valence-electron chi connectivity index (χ1n) is 9.45. The summed E-state index contributed by atoms with van der Waals surface area (Å²) >= 11 is 0. The average molecular weight is 396 g/mol. The summed E-state index contributed by atoms with van der Waals surface area (Å²) in [5.41, 5.74) is 5.72. The van der Waals surface area contributed by atoms with Gasteiger partial charge < -0.3 is 20.3 Å². The SMILES string of the molecule is CC1CCN(CC2CCCN(C(=O)C3(N)CCOCC3)C2)CC1.Cl.Cl. The first-order valence-corrected chi connectivity index (χ1v) is 9.45. The van der Waals surface area contributed by atoms with Crippen LogP contribution in [0.2, 0.25) is 0 Å². The summed E-state index contributed by atoms with van der Waals surface area (Å²) in [4.78, 5) is 17.5. The zero-order chi connectivity index (χ0) is 16.3. The molecule has 1 atom stereocenters. The Morgan fingerprint density at radius 3 is 2.40 bits per heavy atom. The molecule has 0 bridgehead atoms. The minimum atomic E-state index is -0.680. The van der Waals surface area contributed by atoms with Gasteiger partial charge in [-0.05, 0) is 63.5 Å². The van der Waals surface area contributed by atoms with Crippen LogP contribution in [0.25, 0.3) is 0 Å². The molecule has 3 aliphatic rings. The van der Waals surface area contributed by atoms with Gasteiger partial charge in [-0.15, -0.1) is 24.8 Å². The minimum Gasteiger partial charge on any atom is -0.381 e. The number of likely N-dealkylation sites (tertiary alicyclic amines) is 2. The Bertz CT molecular complexity index is 411. The van der Waals surface area contributed by atoms with E-state index in [4.69, 9.17) is 10.5 Å². The van der Waals surface area contributed by atoms with E-state index in [1.165, 1.54) is 32.4 Å². The van der Waals surface area contributed by atoms with E-state index >= 15 is 0 Å². The molecule has 3 heterocycles. The number of hydrogen-bond donors (Lipinski definition) is 1. The highest BCUT2D eigenvalue weighted by Gasteiger charge is 2.40. The van der Waals surface area contributed by atoms with Gasteiger partial charge >= 0.3 is 0 Å². The summed E-state index contributed by atoms with van der Waals surface area (Å²) in [5.74, 6) is 1.66. The van der Waals surface area contributed by atoms with E-state index in [2.05, 4.69) is 11.8 Å². The lowest BCUT2D eigenvalue weighted by molar-refractivity contribution is -0.142. The Balaban J connectivity index is 0.00000156. The molecule has 148 valence electrons. The van der Waals surface area contributed by atoms with Gasteiger partial charge in [0.25, 0.3) is 0 Å². The van der Waals surface area contributed by atoms with Gasteiger partial charge in [0.15, 0.2) is 0 Å². The highest BCUT2D eigenvalue weighted by atomic mass is 35.5. The Kier molecular flexibility index (Phi) is 9.47. The fraction of sp³-hybridized carbons (Fsp3) is 0.944. The molecular weight excluding hydrogens is 361 g/mol. The first kappa shape index (κ1) is 23.0. The van der Waals surface area contributed by atoms with E-state index in [-0.39, 0.29) is 30.7 Å². The number of carbonyl (C=O) groups excluding carboxylic acids is 1. The molecule has 0 aromatic heterocycles. The number of piperidine rings is 2. The summed E-state index contributed by atoms with van der Waals surface area (Å²) in [6, 6.07) is 0. The second kappa shape index (κ2) is 10.3. The summed E-state index contributed by atoms with van der Waals surface area (Å²) in [7, 11) is 0. The number of nitrogens with zero attached hydrogens (tertiary/aromatic N) is 2. The fourth-order valence-electron chi connectivity index (χ4n) is 4.27. The smallest absolute Gasteiger partial charge is 0.242 e. The number of ether oxygens (including phenoxy) is 1. The Morgan fingerprint density at radius 1 is 1.12 bits per heavy atom. The number of hydrogen-bond acceptors (Lipinski definition) is 4. The molecule has 5 nitrogen and oxygen atoms in total. The van der Waals surface area contributed by atoms with Crippen molar-refractivity contribution < 1.29 is 9.53 Å². The summed E-state index contributed by atoms with van der Waals surface area (Å²) in [6.45, 7) is 8.96. The van der Waals surface area contributed by atoms with Gasteiger partial charge in [0.2, 0.25) is 5.91 Å². The lowest BCUT2D eigenvalue weighted by Gasteiger charge is -2.42. The highest BCUT2D eigenvalue weighted by molar-refractivity contribution is 5.86. The van der Waals surface area contributed by atoms with E-state index in [0.717, 1.165) is 32.0 Å². The maximum atomic E-state index is 12.9. The molecule has 1 unspecified atom stereocenters. The van der Waals surface area contributed by atoms with Gasteiger partial charge in [-0.25, -0.2) is 0 Å². The molecule has 7 heteroatoms. The van der Waals surface area contributed by atoms with Crippen LogP contribution in [-0.2, 0) is 9.53 Å². The zero-order valence-corrected chi connectivity index (χ0v) is 17.1. The third kappa shape index (κ3) is 5.96. The molecule has 3 rings (SSSR count). The highest BCUT2D eigenvalue weighted by Crippen LogP contribution is 2.26. The normalized spacial score (nSPS) is 27.9. The molecular formula is C18H35Cl2N3O2. The van der Waals surface area contributed by atoms with Crippen molar-refractivity contribution in [2.45, 2.75) is 51.0 Å². The molecule has 2 N–H and O–H groups in total. The number of rotatable bonds is 3. The molecule has 3 saturated heterocycles. The predicted molar refractivity (Wildman–Crippen MR) is 106 cm³/mol. The van der Waals surface area contributed by atoms with Crippen molar-refractivity contribution in [2.24, 2.45) is 17.6 Å². The molecule has 25 heavy (non-hydrogen) atoms. The first-order chi connectivity index (χ1) is 11.1. The van der Waals surface area contributed by atoms with E-state index in [1.54, 1.807) is 0 Å². The molecule has 0 aromatic rings. The number of carbonyl (C=O) groups is 1. The monoisotopic (exact) mass is 395 g/mol. The van der Waals surface area contributed by atoms with Crippen LogP contribution in [0.4, 0.5) is 0 Å². The van der Waals surface area contributed by atoms with Crippen molar-refractivity contribution in [3.8, 4) is 0 Å². The Morgan fingerprint density at radius 2 is 1.76 bits per heavy atom. The van der Waals surface area contributed by atoms with Crippen LogP contribution in [0.1, 0.15) is 45.4 Å².